The van der Waals surface area contributed by atoms with Crippen LogP contribution in [0.15, 0.2) is 30.1 Å². The molecule has 1 N–H and O–H groups in total. The van der Waals surface area contributed by atoms with Crippen molar-refractivity contribution in [2.75, 3.05) is 5.32 Å². The Hall–Kier alpha value is -1.71. The van der Waals surface area contributed by atoms with Gasteiger partial charge in [-0.1, -0.05) is 6.08 Å². The number of amides is 1. The van der Waals surface area contributed by atoms with Crippen LogP contribution in [0, 0.1) is 5.82 Å². The topological polar surface area (TPSA) is 42.0 Å². The highest BCUT2D eigenvalue weighted by molar-refractivity contribution is 6.03. The first-order chi connectivity index (χ1) is 7.27. The zero-order valence-electron chi connectivity index (χ0n) is 8.16. The molecule has 0 aliphatic heterocycles. The zero-order valence-corrected chi connectivity index (χ0v) is 8.16. The third-order valence-electron chi connectivity index (χ3n) is 2.35. The van der Waals surface area contributed by atoms with Crippen LogP contribution in [0.5, 0.6) is 0 Å². The van der Waals surface area contributed by atoms with Gasteiger partial charge in [0.25, 0.3) is 5.91 Å². The van der Waals surface area contributed by atoms with Crippen molar-refractivity contribution in [2.45, 2.75) is 19.3 Å². The van der Waals surface area contributed by atoms with Crippen molar-refractivity contribution in [3.05, 3.63) is 35.9 Å². The lowest BCUT2D eigenvalue weighted by Gasteiger charge is -2.05. The average Bonchev–Trinajstić information content (AvgIpc) is 2.74. The van der Waals surface area contributed by atoms with Gasteiger partial charge in [0.2, 0.25) is 0 Å². The van der Waals surface area contributed by atoms with E-state index in [-0.39, 0.29) is 11.6 Å². The van der Waals surface area contributed by atoms with Crippen LogP contribution in [0.4, 0.5) is 10.1 Å². The molecule has 0 aromatic carbocycles. The van der Waals surface area contributed by atoms with Gasteiger partial charge in [0.05, 0.1) is 11.9 Å². The molecule has 0 unspecified atom stereocenters. The molecule has 1 aliphatic rings. The van der Waals surface area contributed by atoms with Gasteiger partial charge in [-0.25, -0.2) is 4.39 Å². The van der Waals surface area contributed by atoms with Gasteiger partial charge >= 0.3 is 0 Å². The van der Waals surface area contributed by atoms with E-state index in [9.17, 15) is 9.18 Å². The Morgan fingerprint density at radius 1 is 1.53 bits per heavy atom. The Labute approximate surface area is 87.0 Å². The van der Waals surface area contributed by atoms with Gasteiger partial charge in [0, 0.05) is 11.8 Å². The number of rotatable bonds is 2. The van der Waals surface area contributed by atoms with E-state index in [4.69, 9.17) is 0 Å². The van der Waals surface area contributed by atoms with Crippen LogP contribution in [-0.2, 0) is 4.79 Å². The number of hydrogen-bond acceptors (Lipinski definition) is 2. The maximum atomic E-state index is 13.1. The predicted octanol–water partition coefficient (Wildman–Crippen LogP) is 2.27. The Morgan fingerprint density at radius 3 is 3.07 bits per heavy atom. The highest BCUT2D eigenvalue weighted by atomic mass is 19.1. The molecule has 0 radical (unpaired) electrons. The fourth-order valence-corrected chi connectivity index (χ4v) is 1.56. The maximum absolute atomic E-state index is 13.1. The summed E-state index contributed by atoms with van der Waals surface area (Å²) in [6, 6.07) is 1.45. The van der Waals surface area contributed by atoms with Gasteiger partial charge in [-0.05, 0) is 25.3 Å². The minimum absolute atomic E-state index is 0.183. The van der Waals surface area contributed by atoms with Gasteiger partial charge in [-0.2, -0.15) is 0 Å². The Balaban J connectivity index is 2.09. The quantitative estimate of drug-likeness (QED) is 0.806. The van der Waals surface area contributed by atoms with Crippen LogP contribution in [0.2, 0.25) is 0 Å². The van der Waals surface area contributed by atoms with E-state index in [1.165, 1.54) is 12.3 Å². The zero-order chi connectivity index (χ0) is 10.7. The third-order valence-corrected chi connectivity index (χ3v) is 2.35. The fourth-order valence-electron chi connectivity index (χ4n) is 1.56. The Bertz CT molecular complexity index is 415. The first-order valence-electron chi connectivity index (χ1n) is 4.87. The van der Waals surface area contributed by atoms with E-state index in [1.54, 1.807) is 0 Å². The second kappa shape index (κ2) is 4.21. The van der Waals surface area contributed by atoms with Crippen molar-refractivity contribution in [2.24, 2.45) is 0 Å². The summed E-state index contributed by atoms with van der Waals surface area (Å²) in [5, 5.41) is 2.53. The SMILES string of the molecule is O=C(Nc1ccncc1F)C1=CCCC1. The molecule has 15 heavy (non-hydrogen) atoms. The summed E-state index contributed by atoms with van der Waals surface area (Å²) < 4.78 is 13.1. The number of allylic oxidation sites excluding steroid dienone is 1. The molecule has 4 heteroatoms. The van der Waals surface area contributed by atoms with Gasteiger partial charge in [-0.15, -0.1) is 0 Å². The van der Waals surface area contributed by atoms with E-state index in [0.717, 1.165) is 31.0 Å². The van der Waals surface area contributed by atoms with E-state index in [1.807, 2.05) is 6.08 Å². The molecule has 0 atom stereocenters. The molecule has 0 spiro atoms. The predicted molar refractivity (Wildman–Crippen MR) is 54.8 cm³/mol. The standard InChI is InChI=1S/C11H11FN2O/c12-9-7-13-6-5-10(9)14-11(15)8-3-1-2-4-8/h3,5-7H,1-2,4H2,(H,13,14,15). The number of carbonyl (C=O) groups excluding carboxylic acids is 1. The molecule has 0 fully saturated rings. The van der Waals surface area contributed by atoms with Crippen molar-refractivity contribution in [1.82, 2.24) is 4.98 Å². The number of pyridine rings is 1. The van der Waals surface area contributed by atoms with Gasteiger partial charge in [-0.3, -0.25) is 9.78 Å². The molecule has 2 rings (SSSR count). The second-order valence-corrected chi connectivity index (χ2v) is 3.43. The maximum Gasteiger partial charge on any atom is 0.251 e. The first-order valence-corrected chi connectivity index (χ1v) is 4.87. The summed E-state index contributed by atoms with van der Waals surface area (Å²) in [6.07, 6.45) is 7.14. The largest absolute Gasteiger partial charge is 0.320 e. The molecule has 1 aromatic heterocycles. The van der Waals surface area contributed by atoms with Crippen LogP contribution in [-0.4, -0.2) is 10.9 Å². The highest BCUT2D eigenvalue weighted by Crippen LogP contribution is 2.20. The van der Waals surface area contributed by atoms with Crippen LogP contribution in [0.3, 0.4) is 0 Å². The summed E-state index contributed by atoms with van der Waals surface area (Å²) in [7, 11) is 0. The van der Waals surface area contributed by atoms with Crippen molar-refractivity contribution in [3.8, 4) is 0 Å². The number of nitrogens with zero attached hydrogens (tertiary/aromatic N) is 1. The second-order valence-electron chi connectivity index (χ2n) is 3.43. The summed E-state index contributed by atoms with van der Waals surface area (Å²) in [5.41, 5.74) is 0.925. The number of aromatic nitrogens is 1. The first kappa shape index (κ1) is 9.83. The Kier molecular flexibility index (Phi) is 2.76. The molecular weight excluding hydrogens is 195 g/mol. The molecule has 0 bridgehead atoms. The molecule has 1 aromatic rings. The summed E-state index contributed by atoms with van der Waals surface area (Å²) in [5.74, 6) is -0.720. The van der Waals surface area contributed by atoms with Crippen molar-refractivity contribution in [1.29, 1.82) is 0 Å². The van der Waals surface area contributed by atoms with Crippen molar-refractivity contribution < 1.29 is 9.18 Å². The molecule has 78 valence electrons. The molecule has 3 nitrogen and oxygen atoms in total. The molecular formula is C11H11FN2O. The van der Waals surface area contributed by atoms with Crippen LogP contribution in [0.1, 0.15) is 19.3 Å². The van der Waals surface area contributed by atoms with Gasteiger partial charge in [0.15, 0.2) is 5.82 Å². The Morgan fingerprint density at radius 2 is 2.40 bits per heavy atom. The number of carbonyl (C=O) groups is 1. The summed E-state index contributed by atoms with van der Waals surface area (Å²) in [6.45, 7) is 0. The number of hydrogen-bond donors (Lipinski definition) is 1. The molecule has 1 amide bonds. The number of halogens is 1. The average molecular weight is 206 g/mol. The van der Waals surface area contributed by atoms with Crippen molar-refractivity contribution >= 4 is 11.6 Å². The monoisotopic (exact) mass is 206 g/mol. The van der Waals surface area contributed by atoms with E-state index >= 15 is 0 Å². The smallest absolute Gasteiger partial charge is 0.251 e. The van der Waals surface area contributed by atoms with Crippen molar-refractivity contribution in [3.63, 3.8) is 0 Å². The lowest BCUT2D eigenvalue weighted by Crippen LogP contribution is -2.14. The van der Waals surface area contributed by atoms with Crippen LogP contribution < -0.4 is 5.32 Å². The summed E-state index contributed by atoms with van der Waals surface area (Å²) in [4.78, 5) is 15.2. The third kappa shape index (κ3) is 2.21. The molecule has 1 aliphatic carbocycles. The normalized spacial score (nSPS) is 14.9. The van der Waals surface area contributed by atoms with E-state index < -0.39 is 5.82 Å². The lowest BCUT2D eigenvalue weighted by atomic mass is 10.2. The molecule has 0 saturated carbocycles. The molecule has 0 saturated heterocycles. The van der Waals surface area contributed by atoms with E-state index in [0.29, 0.717) is 0 Å². The number of anilines is 1. The highest BCUT2D eigenvalue weighted by Gasteiger charge is 2.14. The van der Waals surface area contributed by atoms with Gasteiger partial charge in [0.1, 0.15) is 0 Å². The summed E-state index contributed by atoms with van der Waals surface area (Å²) >= 11 is 0. The number of nitrogens with one attached hydrogen (secondary N) is 1. The minimum Gasteiger partial charge on any atom is -0.320 e. The van der Waals surface area contributed by atoms with E-state index in [2.05, 4.69) is 10.3 Å². The van der Waals surface area contributed by atoms with Crippen LogP contribution >= 0.6 is 0 Å². The van der Waals surface area contributed by atoms with Gasteiger partial charge < -0.3 is 5.32 Å². The fraction of sp³-hybridized carbons (Fsp3) is 0.273. The molecule has 1 heterocycles. The minimum atomic E-state index is -0.510. The lowest BCUT2D eigenvalue weighted by molar-refractivity contribution is -0.112. The van der Waals surface area contributed by atoms with Crippen LogP contribution in [0.25, 0.3) is 0 Å².